The molecule has 1 aliphatic heterocycles. The van der Waals surface area contributed by atoms with Crippen LogP contribution in [-0.4, -0.2) is 62.1 Å². The fourth-order valence-corrected chi connectivity index (χ4v) is 3.56. The molecular formula is C22H29N3O2. The Kier molecular flexibility index (Phi) is 6.85. The highest BCUT2D eigenvalue weighted by atomic mass is 16.5. The summed E-state index contributed by atoms with van der Waals surface area (Å²) in [5.74, 6) is 0.822. The zero-order chi connectivity index (χ0) is 19.1. The molecule has 0 spiro atoms. The highest BCUT2D eigenvalue weighted by Gasteiger charge is 2.25. The summed E-state index contributed by atoms with van der Waals surface area (Å²) in [6.07, 6.45) is 0. The summed E-state index contributed by atoms with van der Waals surface area (Å²) in [5, 5.41) is 3.12. The van der Waals surface area contributed by atoms with Crippen molar-refractivity contribution < 1.29 is 9.53 Å². The lowest BCUT2D eigenvalue weighted by molar-refractivity contribution is 0.0855. The summed E-state index contributed by atoms with van der Waals surface area (Å²) in [4.78, 5) is 17.4. The van der Waals surface area contributed by atoms with E-state index >= 15 is 0 Å². The number of carbonyl (C=O) groups is 1. The number of hydrogen-bond donors (Lipinski definition) is 1. The van der Waals surface area contributed by atoms with Gasteiger partial charge in [-0.1, -0.05) is 37.3 Å². The van der Waals surface area contributed by atoms with Crippen LogP contribution in [0.3, 0.4) is 0 Å². The number of methoxy groups -OCH3 is 1. The molecule has 0 radical (unpaired) electrons. The predicted octanol–water partition coefficient (Wildman–Crippen LogP) is 2.80. The molecule has 0 aromatic heterocycles. The van der Waals surface area contributed by atoms with E-state index < -0.39 is 0 Å². The van der Waals surface area contributed by atoms with Gasteiger partial charge in [0, 0.05) is 38.3 Å². The third-order valence-corrected chi connectivity index (χ3v) is 5.29. The van der Waals surface area contributed by atoms with Crippen LogP contribution in [0.25, 0.3) is 0 Å². The van der Waals surface area contributed by atoms with Crippen molar-refractivity contribution in [2.75, 3.05) is 46.4 Å². The van der Waals surface area contributed by atoms with Crippen molar-refractivity contribution in [2.45, 2.75) is 13.0 Å². The van der Waals surface area contributed by atoms with Gasteiger partial charge in [-0.05, 0) is 36.4 Å². The van der Waals surface area contributed by atoms with Crippen molar-refractivity contribution in [3.05, 3.63) is 65.7 Å². The van der Waals surface area contributed by atoms with E-state index in [4.69, 9.17) is 4.74 Å². The second kappa shape index (κ2) is 9.53. The second-order valence-corrected chi connectivity index (χ2v) is 6.84. The highest BCUT2D eigenvalue weighted by Crippen LogP contribution is 2.24. The average molecular weight is 367 g/mol. The topological polar surface area (TPSA) is 44.8 Å². The van der Waals surface area contributed by atoms with Crippen LogP contribution in [-0.2, 0) is 0 Å². The molecule has 1 aliphatic rings. The van der Waals surface area contributed by atoms with E-state index in [1.54, 1.807) is 7.11 Å². The molecule has 0 aliphatic carbocycles. The first-order valence-corrected chi connectivity index (χ1v) is 9.65. The molecule has 1 amide bonds. The number of likely N-dealkylation sites (N-methyl/N-ethyl adjacent to an activating group) is 1. The molecule has 5 heteroatoms. The predicted molar refractivity (Wildman–Crippen MR) is 108 cm³/mol. The van der Waals surface area contributed by atoms with Gasteiger partial charge in [0.05, 0.1) is 13.2 Å². The lowest BCUT2D eigenvalue weighted by Crippen LogP contribution is -2.49. The van der Waals surface area contributed by atoms with Gasteiger partial charge in [-0.15, -0.1) is 0 Å². The maximum Gasteiger partial charge on any atom is 0.251 e. The number of nitrogens with zero attached hydrogens (tertiary/aromatic N) is 2. The Bertz CT molecular complexity index is 710. The maximum atomic E-state index is 12.5. The lowest BCUT2D eigenvalue weighted by Gasteiger charge is -2.39. The number of hydrogen-bond acceptors (Lipinski definition) is 4. The quantitative estimate of drug-likeness (QED) is 0.817. The van der Waals surface area contributed by atoms with Crippen LogP contribution in [0.4, 0.5) is 0 Å². The molecule has 144 valence electrons. The van der Waals surface area contributed by atoms with Gasteiger partial charge in [0.15, 0.2) is 0 Å². The summed E-state index contributed by atoms with van der Waals surface area (Å²) < 4.78 is 5.29. The van der Waals surface area contributed by atoms with Crippen molar-refractivity contribution in [3.63, 3.8) is 0 Å². The molecule has 1 atom stereocenters. The van der Waals surface area contributed by atoms with Gasteiger partial charge >= 0.3 is 0 Å². The smallest absolute Gasteiger partial charge is 0.251 e. The summed E-state index contributed by atoms with van der Waals surface area (Å²) >= 11 is 0. The summed E-state index contributed by atoms with van der Waals surface area (Å²) in [6.45, 7) is 8.03. The molecule has 27 heavy (non-hydrogen) atoms. The average Bonchev–Trinajstić information content (AvgIpc) is 2.75. The minimum Gasteiger partial charge on any atom is -0.497 e. The number of ether oxygens (including phenoxy) is 1. The molecule has 2 aromatic carbocycles. The van der Waals surface area contributed by atoms with E-state index in [-0.39, 0.29) is 11.9 Å². The fraction of sp³-hybridized carbons (Fsp3) is 0.409. The third-order valence-electron chi connectivity index (χ3n) is 5.29. The molecule has 1 saturated heterocycles. The lowest BCUT2D eigenvalue weighted by atomic mass is 10.0. The zero-order valence-corrected chi connectivity index (χ0v) is 16.2. The van der Waals surface area contributed by atoms with Crippen LogP contribution >= 0.6 is 0 Å². The molecule has 2 aromatic rings. The Balaban J connectivity index is 1.71. The minimum absolute atomic E-state index is 0.0266. The van der Waals surface area contributed by atoms with Crippen molar-refractivity contribution in [2.24, 2.45) is 0 Å². The van der Waals surface area contributed by atoms with E-state index in [2.05, 4.69) is 34.2 Å². The van der Waals surface area contributed by atoms with E-state index in [1.165, 1.54) is 5.56 Å². The van der Waals surface area contributed by atoms with Gasteiger partial charge in [0.2, 0.25) is 0 Å². The SMILES string of the molecule is CCN1CCN(C(CNC(=O)c2ccccc2)c2ccc(OC)cc2)CC1. The van der Waals surface area contributed by atoms with Crippen LogP contribution in [0.5, 0.6) is 5.75 Å². The summed E-state index contributed by atoms with van der Waals surface area (Å²) in [7, 11) is 1.68. The Morgan fingerprint density at radius 1 is 1.04 bits per heavy atom. The van der Waals surface area contributed by atoms with Crippen LogP contribution in [0.2, 0.25) is 0 Å². The first kappa shape index (κ1) is 19.4. The second-order valence-electron chi connectivity index (χ2n) is 6.84. The number of benzene rings is 2. The Morgan fingerprint density at radius 2 is 1.70 bits per heavy atom. The third kappa shape index (κ3) is 5.08. The van der Waals surface area contributed by atoms with Gasteiger partial charge in [0.25, 0.3) is 5.91 Å². The van der Waals surface area contributed by atoms with E-state index in [9.17, 15) is 4.79 Å². The van der Waals surface area contributed by atoms with Gasteiger partial charge in [-0.25, -0.2) is 0 Å². The van der Waals surface area contributed by atoms with Crippen LogP contribution in [0.1, 0.15) is 28.9 Å². The van der Waals surface area contributed by atoms with E-state index in [0.717, 1.165) is 38.5 Å². The minimum atomic E-state index is -0.0266. The number of rotatable bonds is 7. The molecule has 1 N–H and O–H groups in total. The van der Waals surface area contributed by atoms with Gasteiger partial charge < -0.3 is 15.0 Å². The van der Waals surface area contributed by atoms with Crippen molar-refractivity contribution in [1.29, 1.82) is 0 Å². The first-order valence-electron chi connectivity index (χ1n) is 9.65. The standard InChI is InChI=1S/C22H29N3O2/c1-3-24-13-15-25(16-14-24)21(18-9-11-20(27-2)12-10-18)17-23-22(26)19-7-5-4-6-8-19/h4-12,21H,3,13-17H2,1-2H3,(H,23,26). The van der Waals surface area contributed by atoms with Gasteiger partial charge in [-0.2, -0.15) is 0 Å². The largest absolute Gasteiger partial charge is 0.497 e. The molecule has 1 unspecified atom stereocenters. The molecule has 0 bridgehead atoms. The van der Waals surface area contributed by atoms with Crippen molar-refractivity contribution in [1.82, 2.24) is 15.1 Å². The molecule has 1 fully saturated rings. The Labute approximate surface area is 161 Å². The highest BCUT2D eigenvalue weighted by molar-refractivity contribution is 5.94. The summed E-state index contributed by atoms with van der Waals surface area (Å²) in [6, 6.07) is 17.7. The molecule has 3 rings (SSSR count). The fourth-order valence-electron chi connectivity index (χ4n) is 3.56. The normalized spacial score (nSPS) is 16.7. The molecule has 0 saturated carbocycles. The van der Waals surface area contributed by atoms with E-state index in [1.807, 2.05) is 42.5 Å². The van der Waals surface area contributed by atoms with E-state index in [0.29, 0.717) is 12.1 Å². The van der Waals surface area contributed by atoms with Gasteiger partial charge in [0.1, 0.15) is 5.75 Å². The summed E-state index contributed by atoms with van der Waals surface area (Å²) in [5.41, 5.74) is 1.90. The first-order chi connectivity index (χ1) is 13.2. The molecular weight excluding hydrogens is 338 g/mol. The molecule has 1 heterocycles. The number of carbonyl (C=O) groups excluding carboxylic acids is 1. The van der Waals surface area contributed by atoms with Crippen LogP contribution < -0.4 is 10.1 Å². The maximum absolute atomic E-state index is 12.5. The Hall–Kier alpha value is -2.37. The molecule has 5 nitrogen and oxygen atoms in total. The number of amides is 1. The van der Waals surface area contributed by atoms with Gasteiger partial charge in [-0.3, -0.25) is 9.69 Å². The van der Waals surface area contributed by atoms with Crippen molar-refractivity contribution in [3.8, 4) is 5.75 Å². The van der Waals surface area contributed by atoms with Crippen LogP contribution in [0, 0.1) is 0 Å². The Morgan fingerprint density at radius 3 is 2.30 bits per heavy atom. The monoisotopic (exact) mass is 367 g/mol. The number of nitrogens with one attached hydrogen (secondary N) is 1. The zero-order valence-electron chi connectivity index (χ0n) is 16.2. The van der Waals surface area contributed by atoms with Crippen molar-refractivity contribution >= 4 is 5.91 Å². The van der Waals surface area contributed by atoms with Crippen LogP contribution in [0.15, 0.2) is 54.6 Å². The number of piperazine rings is 1.